The molecule has 0 unspecified atom stereocenters. The Morgan fingerprint density at radius 3 is 2.95 bits per heavy atom. The molecule has 22 heavy (non-hydrogen) atoms. The summed E-state index contributed by atoms with van der Waals surface area (Å²) in [5, 5.41) is 3.55. The van der Waals surface area contributed by atoms with Crippen LogP contribution in [-0.2, 0) is 12.8 Å². The van der Waals surface area contributed by atoms with Crippen molar-refractivity contribution in [1.29, 1.82) is 0 Å². The molecule has 0 radical (unpaired) electrons. The van der Waals surface area contributed by atoms with Gasteiger partial charge in [-0.3, -0.25) is 15.6 Å². The third kappa shape index (κ3) is 4.95. The summed E-state index contributed by atoms with van der Waals surface area (Å²) in [6, 6.07) is 2.03. The molecule has 1 aliphatic carbocycles. The number of amides is 1. The Hall–Kier alpha value is -1.14. The van der Waals surface area contributed by atoms with Crippen molar-refractivity contribution in [3.05, 3.63) is 21.4 Å². The van der Waals surface area contributed by atoms with Crippen molar-refractivity contribution in [2.45, 2.75) is 46.5 Å². The van der Waals surface area contributed by atoms with E-state index < -0.39 is 0 Å². The number of hydrogen-bond acceptors (Lipinski definition) is 3. The van der Waals surface area contributed by atoms with Crippen LogP contribution in [0.2, 0.25) is 0 Å². The molecular formula is C16H25N3OS2. The van der Waals surface area contributed by atoms with Crippen molar-refractivity contribution in [1.82, 2.24) is 16.2 Å². The zero-order valence-electron chi connectivity index (χ0n) is 13.5. The Morgan fingerprint density at radius 2 is 2.23 bits per heavy atom. The van der Waals surface area contributed by atoms with Gasteiger partial charge in [-0.25, -0.2) is 0 Å². The fourth-order valence-electron chi connectivity index (χ4n) is 2.51. The summed E-state index contributed by atoms with van der Waals surface area (Å²) in [4.78, 5) is 14.3. The lowest BCUT2D eigenvalue weighted by atomic mass is 9.90. The second kappa shape index (κ2) is 7.92. The second-order valence-electron chi connectivity index (χ2n) is 6.42. The first-order valence-electron chi connectivity index (χ1n) is 7.91. The van der Waals surface area contributed by atoms with Crippen molar-refractivity contribution in [2.24, 2.45) is 11.8 Å². The molecule has 122 valence electrons. The molecule has 1 heterocycles. The molecule has 0 saturated carbocycles. The number of carbonyl (C=O) groups is 1. The molecule has 1 atom stereocenters. The largest absolute Gasteiger partial charge is 0.361 e. The first kappa shape index (κ1) is 17.2. The topological polar surface area (TPSA) is 53.2 Å². The van der Waals surface area contributed by atoms with Crippen LogP contribution in [0.25, 0.3) is 0 Å². The van der Waals surface area contributed by atoms with Crippen LogP contribution in [-0.4, -0.2) is 17.6 Å². The zero-order chi connectivity index (χ0) is 16.1. The fraction of sp³-hybridized carbons (Fsp3) is 0.625. The molecule has 0 aromatic carbocycles. The van der Waals surface area contributed by atoms with Gasteiger partial charge >= 0.3 is 0 Å². The summed E-state index contributed by atoms with van der Waals surface area (Å²) in [7, 11) is 0. The third-order valence-corrected chi connectivity index (χ3v) is 5.33. The van der Waals surface area contributed by atoms with Crippen LogP contribution in [0, 0.1) is 11.8 Å². The molecule has 2 rings (SSSR count). The first-order chi connectivity index (χ1) is 10.5. The maximum atomic E-state index is 12.2. The molecule has 1 amide bonds. The summed E-state index contributed by atoms with van der Waals surface area (Å²) < 4.78 is 0. The molecule has 0 aliphatic heterocycles. The van der Waals surface area contributed by atoms with Gasteiger partial charge in [0.25, 0.3) is 5.91 Å². The molecule has 4 nitrogen and oxygen atoms in total. The van der Waals surface area contributed by atoms with Crippen molar-refractivity contribution in [3.63, 3.8) is 0 Å². The van der Waals surface area contributed by atoms with E-state index in [0.717, 1.165) is 30.7 Å². The quantitative estimate of drug-likeness (QED) is 0.583. The highest BCUT2D eigenvalue weighted by atomic mass is 32.1. The fourth-order valence-corrected chi connectivity index (χ4v) is 3.77. The molecule has 1 aromatic heterocycles. The van der Waals surface area contributed by atoms with Gasteiger partial charge in [-0.15, -0.1) is 11.3 Å². The Kier molecular flexibility index (Phi) is 6.20. The van der Waals surface area contributed by atoms with E-state index in [1.807, 2.05) is 6.07 Å². The van der Waals surface area contributed by atoms with Crippen LogP contribution in [0.15, 0.2) is 6.07 Å². The summed E-state index contributed by atoms with van der Waals surface area (Å²) in [5.74, 6) is 1.23. The SMILES string of the molecule is CC(C)CCNC(=S)NNC(=O)c1cc2c(s1)CC[C@H](C)C2. The van der Waals surface area contributed by atoms with E-state index in [-0.39, 0.29) is 5.91 Å². The van der Waals surface area contributed by atoms with E-state index in [1.165, 1.54) is 16.9 Å². The standard InChI is InChI=1S/C16H25N3OS2/c1-10(2)6-7-17-16(21)19-18-15(20)14-9-12-8-11(3)4-5-13(12)22-14/h9-11H,4-8H2,1-3H3,(H,18,20)(H2,17,19,21)/t11-/m0/s1. The van der Waals surface area contributed by atoms with Gasteiger partial charge in [0.15, 0.2) is 5.11 Å². The minimum absolute atomic E-state index is 0.111. The summed E-state index contributed by atoms with van der Waals surface area (Å²) in [5.41, 5.74) is 6.79. The maximum absolute atomic E-state index is 12.2. The highest BCUT2D eigenvalue weighted by molar-refractivity contribution is 7.80. The van der Waals surface area contributed by atoms with Gasteiger partial charge in [-0.2, -0.15) is 0 Å². The van der Waals surface area contributed by atoms with E-state index in [4.69, 9.17) is 12.2 Å². The van der Waals surface area contributed by atoms with E-state index in [1.54, 1.807) is 11.3 Å². The molecule has 0 bridgehead atoms. The Morgan fingerprint density at radius 1 is 1.45 bits per heavy atom. The number of nitrogens with one attached hydrogen (secondary N) is 3. The highest BCUT2D eigenvalue weighted by Crippen LogP contribution is 2.31. The predicted molar refractivity (Wildman–Crippen MR) is 96.2 cm³/mol. The summed E-state index contributed by atoms with van der Waals surface area (Å²) >= 11 is 6.75. The van der Waals surface area contributed by atoms with Crippen molar-refractivity contribution >= 4 is 34.6 Å². The van der Waals surface area contributed by atoms with E-state index in [9.17, 15) is 4.79 Å². The second-order valence-corrected chi connectivity index (χ2v) is 7.97. The minimum atomic E-state index is -0.111. The van der Waals surface area contributed by atoms with E-state index in [0.29, 0.717) is 16.9 Å². The van der Waals surface area contributed by atoms with Crippen molar-refractivity contribution < 1.29 is 4.79 Å². The van der Waals surface area contributed by atoms with Crippen molar-refractivity contribution in [3.8, 4) is 0 Å². The smallest absolute Gasteiger partial charge is 0.279 e. The van der Waals surface area contributed by atoms with Gasteiger partial charge in [0, 0.05) is 11.4 Å². The molecule has 6 heteroatoms. The molecular weight excluding hydrogens is 314 g/mol. The highest BCUT2D eigenvalue weighted by Gasteiger charge is 2.20. The number of thiocarbonyl (C=S) groups is 1. The Bertz CT molecular complexity index is 539. The average molecular weight is 340 g/mol. The van der Waals surface area contributed by atoms with Crippen LogP contribution < -0.4 is 16.2 Å². The number of carbonyl (C=O) groups excluding carboxylic acids is 1. The monoisotopic (exact) mass is 339 g/mol. The van der Waals surface area contributed by atoms with Crippen LogP contribution >= 0.6 is 23.6 Å². The number of fused-ring (bicyclic) bond motifs is 1. The average Bonchev–Trinajstić information content (AvgIpc) is 2.87. The first-order valence-corrected chi connectivity index (χ1v) is 9.14. The lowest BCUT2D eigenvalue weighted by Crippen LogP contribution is -2.46. The molecule has 1 aromatic rings. The number of aryl methyl sites for hydroxylation is 1. The van der Waals surface area contributed by atoms with E-state index in [2.05, 4.69) is 36.9 Å². The number of thiophene rings is 1. The van der Waals surface area contributed by atoms with Gasteiger partial charge in [-0.05, 0) is 61.4 Å². The van der Waals surface area contributed by atoms with Gasteiger partial charge in [0.05, 0.1) is 4.88 Å². The lowest BCUT2D eigenvalue weighted by molar-refractivity contribution is 0.0947. The number of rotatable bonds is 4. The van der Waals surface area contributed by atoms with Crippen LogP contribution in [0.5, 0.6) is 0 Å². The molecule has 0 fully saturated rings. The van der Waals surface area contributed by atoms with Gasteiger partial charge < -0.3 is 5.32 Å². The zero-order valence-corrected chi connectivity index (χ0v) is 15.1. The third-order valence-electron chi connectivity index (χ3n) is 3.85. The molecule has 1 aliphatic rings. The Balaban J connectivity index is 1.79. The normalized spacial score (nSPS) is 17.0. The molecule has 0 spiro atoms. The Labute approximate surface area is 142 Å². The summed E-state index contributed by atoms with van der Waals surface area (Å²) in [6.45, 7) is 7.41. The molecule has 3 N–H and O–H groups in total. The minimum Gasteiger partial charge on any atom is -0.361 e. The lowest BCUT2D eigenvalue weighted by Gasteiger charge is -2.16. The molecule has 0 saturated heterocycles. The van der Waals surface area contributed by atoms with Gasteiger partial charge in [-0.1, -0.05) is 20.8 Å². The number of hydrazine groups is 1. The van der Waals surface area contributed by atoms with Crippen LogP contribution in [0.4, 0.5) is 0 Å². The van der Waals surface area contributed by atoms with Gasteiger partial charge in [0.2, 0.25) is 0 Å². The number of hydrogen-bond donors (Lipinski definition) is 3. The van der Waals surface area contributed by atoms with Gasteiger partial charge in [0.1, 0.15) is 0 Å². The van der Waals surface area contributed by atoms with Crippen LogP contribution in [0.3, 0.4) is 0 Å². The maximum Gasteiger partial charge on any atom is 0.279 e. The predicted octanol–water partition coefficient (Wildman–Crippen LogP) is 3.03. The van der Waals surface area contributed by atoms with Crippen molar-refractivity contribution in [2.75, 3.05) is 6.54 Å². The summed E-state index contributed by atoms with van der Waals surface area (Å²) in [6.07, 6.45) is 4.45. The van der Waals surface area contributed by atoms with Crippen LogP contribution in [0.1, 0.15) is 53.7 Å². The van der Waals surface area contributed by atoms with E-state index >= 15 is 0 Å².